The third kappa shape index (κ3) is 13.9. The van der Waals surface area contributed by atoms with Crippen LogP contribution in [0.5, 0.6) is 0 Å². The molecule has 1 fully saturated rings. The SMILES string of the molecule is CCC.CCC.CCCC.CCCc1cnc(N2CCN(CC)CC2)nc1C. The van der Waals surface area contributed by atoms with E-state index in [4.69, 9.17) is 0 Å². The zero-order valence-corrected chi connectivity index (χ0v) is 20.6. The Hall–Kier alpha value is -1.16. The van der Waals surface area contributed by atoms with Crippen LogP contribution in [-0.4, -0.2) is 47.6 Å². The van der Waals surface area contributed by atoms with Gasteiger partial charge in [-0.2, -0.15) is 0 Å². The highest BCUT2D eigenvalue weighted by molar-refractivity contribution is 5.33. The van der Waals surface area contributed by atoms with Gasteiger partial charge >= 0.3 is 0 Å². The molecule has 0 bridgehead atoms. The van der Waals surface area contributed by atoms with Gasteiger partial charge < -0.3 is 9.80 Å². The van der Waals surface area contributed by atoms with Gasteiger partial charge in [0.2, 0.25) is 5.95 Å². The minimum Gasteiger partial charge on any atom is -0.338 e. The van der Waals surface area contributed by atoms with Crippen LogP contribution in [-0.2, 0) is 6.42 Å². The molecule has 0 atom stereocenters. The van der Waals surface area contributed by atoms with Gasteiger partial charge in [0.1, 0.15) is 0 Å². The molecular weight excluding hydrogens is 344 g/mol. The fourth-order valence-corrected chi connectivity index (χ4v) is 2.41. The molecule has 1 aromatic rings. The summed E-state index contributed by atoms with van der Waals surface area (Å²) in [5.74, 6) is 0.906. The van der Waals surface area contributed by atoms with Gasteiger partial charge in [-0.25, -0.2) is 9.97 Å². The highest BCUT2D eigenvalue weighted by Gasteiger charge is 2.18. The first-order chi connectivity index (χ1) is 13.5. The minimum absolute atomic E-state index is 0.906. The van der Waals surface area contributed by atoms with Gasteiger partial charge in [-0.15, -0.1) is 0 Å². The Kier molecular flexibility index (Phi) is 21.3. The van der Waals surface area contributed by atoms with Crippen LogP contribution in [0.25, 0.3) is 0 Å². The van der Waals surface area contributed by atoms with Crippen LogP contribution in [0.2, 0.25) is 0 Å². The first kappa shape index (κ1) is 29.0. The van der Waals surface area contributed by atoms with E-state index < -0.39 is 0 Å². The summed E-state index contributed by atoms with van der Waals surface area (Å²) < 4.78 is 0. The molecule has 4 nitrogen and oxygen atoms in total. The molecule has 0 aliphatic carbocycles. The number of aromatic nitrogens is 2. The van der Waals surface area contributed by atoms with Crippen molar-refractivity contribution in [3.63, 3.8) is 0 Å². The van der Waals surface area contributed by atoms with Crippen molar-refractivity contribution < 1.29 is 0 Å². The minimum atomic E-state index is 0.906. The molecule has 4 heteroatoms. The van der Waals surface area contributed by atoms with E-state index in [1.165, 1.54) is 31.2 Å². The van der Waals surface area contributed by atoms with Crippen molar-refractivity contribution >= 4 is 5.95 Å². The Bertz CT molecular complexity index is 436. The van der Waals surface area contributed by atoms with Gasteiger partial charge in [0.25, 0.3) is 0 Å². The zero-order chi connectivity index (χ0) is 21.8. The van der Waals surface area contributed by atoms with E-state index in [1.807, 2.05) is 6.20 Å². The Labute approximate surface area is 177 Å². The third-order valence-electron chi connectivity index (χ3n) is 4.19. The lowest BCUT2D eigenvalue weighted by Crippen LogP contribution is -2.46. The highest BCUT2D eigenvalue weighted by atomic mass is 15.3. The molecule has 166 valence electrons. The molecule has 0 spiro atoms. The Morgan fingerprint density at radius 1 is 0.786 bits per heavy atom. The maximum Gasteiger partial charge on any atom is 0.225 e. The van der Waals surface area contributed by atoms with E-state index >= 15 is 0 Å². The number of likely N-dealkylation sites (N-methyl/N-ethyl adjacent to an activating group) is 1. The maximum atomic E-state index is 4.66. The summed E-state index contributed by atoms with van der Waals surface area (Å²) in [6.07, 6.45) is 9.38. The number of unbranched alkanes of at least 4 members (excludes halogenated alkanes) is 1. The van der Waals surface area contributed by atoms with Gasteiger partial charge in [0.15, 0.2) is 0 Å². The van der Waals surface area contributed by atoms with E-state index in [-0.39, 0.29) is 0 Å². The van der Waals surface area contributed by atoms with Crippen molar-refractivity contribution in [2.75, 3.05) is 37.6 Å². The largest absolute Gasteiger partial charge is 0.338 e. The van der Waals surface area contributed by atoms with E-state index in [1.54, 1.807) is 0 Å². The van der Waals surface area contributed by atoms with Gasteiger partial charge in [-0.05, 0) is 25.5 Å². The molecule has 1 aliphatic rings. The molecule has 0 aromatic carbocycles. The summed E-state index contributed by atoms with van der Waals surface area (Å²) in [5, 5.41) is 0. The Morgan fingerprint density at radius 2 is 1.29 bits per heavy atom. The summed E-state index contributed by atoms with van der Waals surface area (Å²) in [5.41, 5.74) is 2.42. The summed E-state index contributed by atoms with van der Waals surface area (Å²) in [6, 6.07) is 0. The van der Waals surface area contributed by atoms with Gasteiger partial charge in [0, 0.05) is 38.1 Å². The van der Waals surface area contributed by atoms with Crippen LogP contribution in [0.3, 0.4) is 0 Å². The quantitative estimate of drug-likeness (QED) is 0.569. The smallest absolute Gasteiger partial charge is 0.225 e. The van der Waals surface area contributed by atoms with E-state index in [0.717, 1.165) is 57.2 Å². The summed E-state index contributed by atoms with van der Waals surface area (Å²) in [7, 11) is 0. The summed E-state index contributed by atoms with van der Waals surface area (Å²) in [6.45, 7) is 24.8. The number of anilines is 1. The van der Waals surface area contributed by atoms with E-state index in [9.17, 15) is 0 Å². The average Bonchev–Trinajstić information content (AvgIpc) is 2.71. The molecular formula is C24H50N4. The van der Waals surface area contributed by atoms with Crippen LogP contribution in [0.15, 0.2) is 6.20 Å². The summed E-state index contributed by atoms with van der Waals surface area (Å²) >= 11 is 0. The van der Waals surface area contributed by atoms with Crippen LogP contribution < -0.4 is 4.90 Å². The second-order valence-corrected chi connectivity index (χ2v) is 7.37. The van der Waals surface area contributed by atoms with Crippen molar-refractivity contribution in [1.82, 2.24) is 14.9 Å². The van der Waals surface area contributed by atoms with Crippen molar-refractivity contribution in [3.05, 3.63) is 17.5 Å². The van der Waals surface area contributed by atoms with E-state index in [0.29, 0.717) is 0 Å². The van der Waals surface area contributed by atoms with Crippen molar-refractivity contribution in [1.29, 1.82) is 0 Å². The van der Waals surface area contributed by atoms with Crippen molar-refractivity contribution in [2.24, 2.45) is 0 Å². The highest BCUT2D eigenvalue weighted by Crippen LogP contribution is 2.14. The fraction of sp³-hybridized carbons (Fsp3) is 0.833. The lowest BCUT2D eigenvalue weighted by Gasteiger charge is -2.34. The zero-order valence-electron chi connectivity index (χ0n) is 20.6. The van der Waals surface area contributed by atoms with E-state index in [2.05, 4.69) is 82.1 Å². The number of nitrogens with zero attached hydrogens (tertiary/aromatic N) is 4. The molecule has 0 amide bonds. The second kappa shape index (κ2) is 20.6. The Morgan fingerprint density at radius 3 is 1.64 bits per heavy atom. The molecule has 0 unspecified atom stereocenters. The number of aryl methyl sites for hydroxylation is 2. The van der Waals surface area contributed by atoms with Gasteiger partial charge in [0.05, 0.1) is 0 Å². The molecule has 2 heterocycles. The van der Waals surface area contributed by atoms with Crippen LogP contribution in [0, 0.1) is 6.92 Å². The van der Waals surface area contributed by atoms with Gasteiger partial charge in [-0.3, -0.25) is 0 Å². The van der Waals surface area contributed by atoms with Crippen molar-refractivity contribution in [3.8, 4) is 0 Å². The summed E-state index contributed by atoms with van der Waals surface area (Å²) in [4.78, 5) is 14.0. The predicted molar refractivity (Wildman–Crippen MR) is 128 cm³/mol. The lowest BCUT2D eigenvalue weighted by atomic mass is 10.1. The molecule has 1 saturated heterocycles. The number of rotatable bonds is 5. The van der Waals surface area contributed by atoms with Crippen molar-refractivity contribution in [2.45, 2.75) is 101 Å². The number of piperazine rings is 1. The maximum absolute atomic E-state index is 4.66. The average molecular weight is 395 g/mol. The predicted octanol–water partition coefficient (Wildman–Crippen LogP) is 6.52. The Balaban J connectivity index is 0. The standard InChI is InChI=1S/C14H24N4.C4H10.2C3H8/c1-4-6-13-11-15-14(16-12(13)3)18-9-7-17(5-2)8-10-18;1-3-4-2;2*1-3-2/h11H,4-10H2,1-3H3;3-4H2,1-2H3;2*3H2,1-2H3. The monoisotopic (exact) mass is 394 g/mol. The molecule has 1 aliphatic heterocycles. The molecule has 1 aromatic heterocycles. The topological polar surface area (TPSA) is 32.3 Å². The first-order valence-corrected chi connectivity index (χ1v) is 11.8. The number of hydrogen-bond donors (Lipinski definition) is 0. The molecule has 0 N–H and O–H groups in total. The molecule has 28 heavy (non-hydrogen) atoms. The lowest BCUT2D eigenvalue weighted by molar-refractivity contribution is 0.270. The molecule has 0 radical (unpaired) electrons. The second-order valence-electron chi connectivity index (χ2n) is 7.37. The van der Waals surface area contributed by atoms with Gasteiger partial charge in [-0.1, -0.05) is 87.5 Å². The van der Waals surface area contributed by atoms with Crippen LogP contribution in [0.4, 0.5) is 5.95 Å². The number of hydrogen-bond acceptors (Lipinski definition) is 4. The molecule has 0 saturated carbocycles. The third-order valence-corrected chi connectivity index (χ3v) is 4.19. The first-order valence-electron chi connectivity index (χ1n) is 11.8. The van der Waals surface area contributed by atoms with Crippen LogP contribution in [0.1, 0.15) is 98.8 Å². The normalized spacial score (nSPS) is 13.4. The molecule has 2 rings (SSSR count). The fourth-order valence-electron chi connectivity index (χ4n) is 2.41. The van der Waals surface area contributed by atoms with Crippen LogP contribution >= 0.6 is 0 Å².